The molecule has 0 amide bonds. The number of rotatable bonds is 4. The molecule has 1 aromatic heterocycles. The van der Waals surface area contributed by atoms with E-state index in [-0.39, 0.29) is 0 Å². The molecular formula is C16H26N4O2S. The molecule has 0 N–H and O–H groups in total. The molecule has 2 aliphatic rings. The quantitative estimate of drug-likeness (QED) is 0.839. The van der Waals surface area contributed by atoms with Crippen molar-refractivity contribution in [1.82, 2.24) is 14.3 Å². The molecule has 2 heterocycles. The molecule has 6 nitrogen and oxygen atoms in total. The summed E-state index contributed by atoms with van der Waals surface area (Å²) >= 11 is 0. The van der Waals surface area contributed by atoms with Gasteiger partial charge in [-0.15, -0.1) is 0 Å². The fraction of sp³-hybridized carbons (Fsp3) is 0.750. The Hall–Kier alpha value is -1.21. The van der Waals surface area contributed by atoms with Gasteiger partial charge in [-0.2, -0.15) is 4.31 Å². The van der Waals surface area contributed by atoms with E-state index in [1.165, 1.54) is 0 Å². The van der Waals surface area contributed by atoms with E-state index in [0.29, 0.717) is 32.1 Å². The van der Waals surface area contributed by atoms with Gasteiger partial charge in [0, 0.05) is 37.6 Å². The van der Waals surface area contributed by atoms with Crippen molar-refractivity contribution in [3.8, 4) is 0 Å². The van der Waals surface area contributed by atoms with E-state index in [1.807, 2.05) is 19.9 Å². The molecule has 1 aromatic rings. The Balaban J connectivity index is 1.72. The number of aromatic nitrogens is 2. The first-order valence-corrected chi connectivity index (χ1v) is 9.77. The maximum absolute atomic E-state index is 12.6. The SMILES string of the molecule is Cc1cc(C(C)C)nc(N2CCN(S(=O)(=O)C3(C)CC3)CC2)n1. The smallest absolute Gasteiger partial charge is 0.225 e. The third-order valence-electron chi connectivity index (χ3n) is 4.89. The number of sulfonamides is 1. The van der Waals surface area contributed by atoms with E-state index < -0.39 is 14.8 Å². The van der Waals surface area contributed by atoms with Crippen LogP contribution in [0.15, 0.2) is 6.07 Å². The third kappa shape index (κ3) is 3.08. The summed E-state index contributed by atoms with van der Waals surface area (Å²) in [7, 11) is -3.16. The van der Waals surface area contributed by atoms with Gasteiger partial charge in [0.15, 0.2) is 0 Å². The molecule has 3 rings (SSSR count). The first-order chi connectivity index (χ1) is 10.7. The fourth-order valence-electron chi connectivity index (χ4n) is 2.89. The molecule has 7 heteroatoms. The van der Waals surface area contributed by atoms with Gasteiger partial charge >= 0.3 is 0 Å². The third-order valence-corrected chi connectivity index (χ3v) is 7.59. The average Bonchev–Trinajstić information content (AvgIpc) is 3.26. The molecule has 0 radical (unpaired) electrons. The van der Waals surface area contributed by atoms with E-state index in [4.69, 9.17) is 0 Å². The van der Waals surface area contributed by atoms with Gasteiger partial charge in [-0.25, -0.2) is 18.4 Å². The van der Waals surface area contributed by atoms with Crippen LogP contribution < -0.4 is 4.90 Å². The lowest BCUT2D eigenvalue weighted by Crippen LogP contribution is -2.51. The van der Waals surface area contributed by atoms with Crippen molar-refractivity contribution in [3.63, 3.8) is 0 Å². The zero-order valence-corrected chi connectivity index (χ0v) is 15.2. The van der Waals surface area contributed by atoms with Gasteiger partial charge in [0.2, 0.25) is 16.0 Å². The maximum Gasteiger partial charge on any atom is 0.225 e. The first kappa shape index (κ1) is 16.6. The number of hydrogen-bond donors (Lipinski definition) is 0. The van der Waals surface area contributed by atoms with Gasteiger partial charge in [0.05, 0.1) is 4.75 Å². The van der Waals surface area contributed by atoms with Gasteiger partial charge in [0.1, 0.15) is 0 Å². The summed E-state index contributed by atoms with van der Waals surface area (Å²) in [6.45, 7) is 10.4. The predicted molar refractivity (Wildman–Crippen MR) is 91.2 cm³/mol. The molecule has 0 bridgehead atoms. The molecule has 1 saturated carbocycles. The normalized spacial score (nSPS) is 21.7. The van der Waals surface area contributed by atoms with Crippen LogP contribution in [0.4, 0.5) is 5.95 Å². The average molecular weight is 338 g/mol. The highest BCUT2D eigenvalue weighted by Gasteiger charge is 2.53. The van der Waals surface area contributed by atoms with Gasteiger partial charge in [-0.05, 0) is 38.7 Å². The van der Waals surface area contributed by atoms with Crippen molar-refractivity contribution in [2.75, 3.05) is 31.1 Å². The van der Waals surface area contributed by atoms with Crippen molar-refractivity contribution < 1.29 is 8.42 Å². The van der Waals surface area contributed by atoms with Crippen LogP contribution in [0.1, 0.15) is 50.9 Å². The zero-order chi connectivity index (χ0) is 16.8. The Bertz CT molecular complexity index is 690. The summed E-state index contributed by atoms with van der Waals surface area (Å²) in [5.41, 5.74) is 1.99. The lowest BCUT2D eigenvalue weighted by Gasteiger charge is -2.35. The second-order valence-electron chi connectivity index (χ2n) is 7.23. The highest BCUT2D eigenvalue weighted by atomic mass is 32.2. The van der Waals surface area contributed by atoms with Crippen LogP contribution in [0.2, 0.25) is 0 Å². The largest absolute Gasteiger partial charge is 0.338 e. The van der Waals surface area contributed by atoms with E-state index in [0.717, 1.165) is 30.2 Å². The molecule has 2 fully saturated rings. The van der Waals surface area contributed by atoms with Crippen LogP contribution >= 0.6 is 0 Å². The molecular weight excluding hydrogens is 312 g/mol. The standard InChI is InChI=1S/C16H26N4O2S/c1-12(2)14-11-13(3)17-15(18-14)19-7-9-20(10-8-19)23(21,22)16(4)5-6-16/h11-12H,5-10H2,1-4H3. The van der Waals surface area contributed by atoms with Gasteiger partial charge in [0.25, 0.3) is 0 Å². The molecule has 0 aromatic carbocycles. The molecule has 1 aliphatic carbocycles. The summed E-state index contributed by atoms with van der Waals surface area (Å²) in [5, 5.41) is 0. The van der Waals surface area contributed by atoms with Gasteiger partial charge in [-0.3, -0.25) is 0 Å². The summed E-state index contributed by atoms with van der Waals surface area (Å²) in [6, 6.07) is 2.02. The minimum absolute atomic E-state index is 0.354. The van der Waals surface area contributed by atoms with Gasteiger partial charge in [-0.1, -0.05) is 13.8 Å². The molecule has 0 spiro atoms. The molecule has 1 aliphatic heterocycles. The molecule has 0 atom stereocenters. The number of anilines is 1. The lowest BCUT2D eigenvalue weighted by atomic mass is 10.1. The zero-order valence-electron chi connectivity index (χ0n) is 14.4. The molecule has 0 unspecified atom stereocenters. The molecule has 128 valence electrons. The summed E-state index contributed by atoms with van der Waals surface area (Å²) < 4.78 is 26.3. The first-order valence-electron chi connectivity index (χ1n) is 8.33. The topological polar surface area (TPSA) is 66.4 Å². The fourth-order valence-corrected chi connectivity index (χ4v) is 4.77. The second-order valence-corrected chi connectivity index (χ2v) is 9.68. The highest BCUT2D eigenvalue weighted by Crippen LogP contribution is 2.44. The van der Waals surface area contributed by atoms with Crippen LogP contribution in [0.5, 0.6) is 0 Å². The Morgan fingerprint density at radius 3 is 2.26 bits per heavy atom. The van der Waals surface area contributed by atoms with E-state index in [2.05, 4.69) is 28.7 Å². The lowest BCUT2D eigenvalue weighted by molar-refractivity contribution is 0.376. The van der Waals surface area contributed by atoms with Crippen LogP contribution in [0.3, 0.4) is 0 Å². The minimum Gasteiger partial charge on any atom is -0.338 e. The van der Waals surface area contributed by atoms with Crippen LogP contribution in [0, 0.1) is 6.92 Å². The number of piperazine rings is 1. The van der Waals surface area contributed by atoms with Crippen molar-refractivity contribution >= 4 is 16.0 Å². The van der Waals surface area contributed by atoms with Crippen molar-refractivity contribution in [1.29, 1.82) is 0 Å². The van der Waals surface area contributed by atoms with Crippen LogP contribution in [0.25, 0.3) is 0 Å². The molecule has 1 saturated heterocycles. The minimum atomic E-state index is -3.16. The maximum atomic E-state index is 12.6. The Morgan fingerprint density at radius 2 is 1.74 bits per heavy atom. The highest BCUT2D eigenvalue weighted by molar-refractivity contribution is 7.90. The Morgan fingerprint density at radius 1 is 1.13 bits per heavy atom. The number of hydrogen-bond acceptors (Lipinski definition) is 5. The van der Waals surface area contributed by atoms with E-state index in [9.17, 15) is 8.42 Å². The Kier molecular flexibility index (Phi) is 4.13. The van der Waals surface area contributed by atoms with Crippen molar-refractivity contribution in [2.24, 2.45) is 0 Å². The van der Waals surface area contributed by atoms with Gasteiger partial charge < -0.3 is 4.90 Å². The van der Waals surface area contributed by atoms with E-state index >= 15 is 0 Å². The van der Waals surface area contributed by atoms with Crippen molar-refractivity contribution in [3.05, 3.63) is 17.5 Å². The van der Waals surface area contributed by atoms with Crippen LogP contribution in [-0.4, -0.2) is 53.6 Å². The van der Waals surface area contributed by atoms with Crippen molar-refractivity contribution in [2.45, 2.75) is 51.2 Å². The molecule has 23 heavy (non-hydrogen) atoms. The summed E-state index contributed by atoms with van der Waals surface area (Å²) in [5.74, 6) is 1.08. The Labute approximate surface area is 139 Å². The second kappa shape index (κ2) is 5.70. The summed E-state index contributed by atoms with van der Waals surface area (Å²) in [6.07, 6.45) is 1.57. The van der Waals surface area contributed by atoms with E-state index in [1.54, 1.807) is 4.31 Å². The van der Waals surface area contributed by atoms with Crippen LogP contribution in [-0.2, 0) is 10.0 Å². The number of aryl methyl sites for hydroxylation is 1. The summed E-state index contributed by atoms with van der Waals surface area (Å²) in [4.78, 5) is 11.3. The number of nitrogens with zero attached hydrogens (tertiary/aromatic N) is 4. The predicted octanol–water partition coefficient (Wildman–Crippen LogP) is 1.91. The monoisotopic (exact) mass is 338 g/mol.